The van der Waals surface area contributed by atoms with Crippen LogP contribution in [0, 0.1) is 12.8 Å². The smallest absolute Gasteiger partial charge is 0.357 e. The number of amides is 3. The highest BCUT2D eigenvalue weighted by atomic mass is 19.4. The number of hydrogen-bond donors (Lipinski definition) is 3. The van der Waals surface area contributed by atoms with Crippen molar-refractivity contribution in [3.05, 3.63) is 75.3 Å². The average molecular weight is 558 g/mol. The highest BCUT2D eigenvalue weighted by Gasteiger charge is 2.32. The summed E-state index contributed by atoms with van der Waals surface area (Å²) >= 11 is 0. The molecule has 0 unspecified atom stereocenters. The summed E-state index contributed by atoms with van der Waals surface area (Å²) in [5.74, 6) is -1.15. The number of rotatable bonds is 7. The monoisotopic (exact) mass is 557 g/mol. The van der Waals surface area contributed by atoms with Crippen LogP contribution in [0.1, 0.15) is 46.4 Å². The third-order valence-corrected chi connectivity index (χ3v) is 7.20. The molecule has 1 atom stereocenters. The molecule has 3 aromatic rings. The molecule has 4 rings (SSSR count). The Balaban J connectivity index is 1.33. The molecule has 3 heterocycles. The lowest BCUT2D eigenvalue weighted by Crippen LogP contribution is -2.48. The lowest BCUT2D eigenvalue weighted by Gasteiger charge is -2.33. The second-order valence-corrected chi connectivity index (χ2v) is 10.0. The number of aromatic nitrogens is 2. The summed E-state index contributed by atoms with van der Waals surface area (Å²) in [5, 5.41) is 5.98. The Labute approximate surface area is 228 Å². The Hall–Kier alpha value is -4.22. The molecular formula is C28H30F3N5O4. The predicted molar refractivity (Wildman–Crippen MR) is 141 cm³/mol. The molecule has 3 N–H and O–H groups in total. The Morgan fingerprint density at radius 3 is 2.48 bits per heavy atom. The van der Waals surface area contributed by atoms with Crippen molar-refractivity contribution < 1.29 is 27.6 Å². The zero-order valence-corrected chi connectivity index (χ0v) is 22.1. The van der Waals surface area contributed by atoms with Crippen molar-refractivity contribution >= 4 is 28.6 Å². The second kappa shape index (κ2) is 11.9. The molecule has 1 aromatic carbocycles. The maximum Gasteiger partial charge on any atom is 0.417 e. The molecule has 0 bridgehead atoms. The number of piperidine rings is 1. The molecule has 1 fully saturated rings. The van der Waals surface area contributed by atoms with Gasteiger partial charge in [0.1, 0.15) is 11.7 Å². The highest BCUT2D eigenvalue weighted by molar-refractivity contribution is 5.96. The van der Waals surface area contributed by atoms with Gasteiger partial charge in [0.2, 0.25) is 17.4 Å². The molecule has 212 valence electrons. The topological polar surface area (TPSA) is 124 Å². The van der Waals surface area contributed by atoms with Crippen LogP contribution >= 0.6 is 0 Å². The minimum atomic E-state index is -4.57. The van der Waals surface area contributed by atoms with Crippen molar-refractivity contribution in [2.24, 2.45) is 5.92 Å². The van der Waals surface area contributed by atoms with E-state index >= 15 is 0 Å². The van der Waals surface area contributed by atoms with E-state index in [1.807, 2.05) is 19.1 Å². The van der Waals surface area contributed by atoms with Crippen molar-refractivity contribution in [2.45, 2.75) is 44.8 Å². The minimum Gasteiger partial charge on any atom is -0.357 e. The lowest BCUT2D eigenvalue weighted by molar-refractivity contribution is -0.138. The van der Waals surface area contributed by atoms with Crippen LogP contribution in [-0.2, 0) is 22.2 Å². The third-order valence-electron chi connectivity index (χ3n) is 7.20. The van der Waals surface area contributed by atoms with E-state index in [9.17, 15) is 32.3 Å². The first kappa shape index (κ1) is 28.8. The SMILES string of the molecule is CNC(=O)[C@@H](CC1CCN(C(=O)Cc2ccc3[nH]c(=O)cc(C)c3c2)CC1)NC(=O)c1ccc(C(F)(F)F)cn1. The maximum atomic E-state index is 13.0. The number of hydrogen-bond acceptors (Lipinski definition) is 5. The molecule has 40 heavy (non-hydrogen) atoms. The quantitative estimate of drug-likeness (QED) is 0.412. The number of nitrogens with one attached hydrogen (secondary N) is 3. The molecule has 1 saturated heterocycles. The highest BCUT2D eigenvalue weighted by Crippen LogP contribution is 2.28. The number of carbonyl (C=O) groups is 3. The summed E-state index contributed by atoms with van der Waals surface area (Å²) in [6.45, 7) is 2.85. The molecule has 12 heteroatoms. The molecule has 2 aromatic heterocycles. The number of pyridine rings is 2. The molecule has 0 spiro atoms. The van der Waals surface area contributed by atoms with E-state index in [0.717, 1.165) is 28.6 Å². The van der Waals surface area contributed by atoms with Crippen LogP contribution in [0.15, 0.2) is 47.4 Å². The van der Waals surface area contributed by atoms with Gasteiger partial charge in [0, 0.05) is 43.3 Å². The summed E-state index contributed by atoms with van der Waals surface area (Å²) in [4.78, 5) is 57.9. The van der Waals surface area contributed by atoms with Crippen LogP contribution in [0.3, 0.4) is 0 Å². The number of H-pyrrole nitrogens is 1. The van der Waals surface area contributed by atoms with E-state index in [-0.39, 0.29) is 29.5 Å². The Bertz CT molecular complexity index is 1460. The van der Waals surface area contributed by atoms with Crippen molar-refractivity contribution in [2.75, 3.05) is 20.1 Å². The van der Waals surface area contributed by atoms with E-state index in [0.29, 0.717) is 44.1 Å². The summed E-state index contributed by atoms with van der Waals surface area (Å²) in [5.41, 5.74) is 1.02. The molecule has 3 amide bonds. The van der Waals surface area contributed by atoms with Crippen molar-refractivity contribution in [3.63, 3.8) is 0 Å². The van der Waals surface area contributed by atoms with Gasteiger partial charge >= 0.3 is 6.18 Å². The van der Waals surface area contributed by atoms with Crippen LogP contribution in [0.4, 0.5) is 13.2 Å². The first-order valence-electron chi connectivity index (χ1n) is 12.9. The number of likely N-dealkylation sites (N-methyl/N-ethyl adjacent to an activating group) is 1. The van der Waals surface area contributed by atoms with E-state index in [2.05, 4.69) is 20.6 Å². The number of benzene rings is 1. The Morgan fingerprint density at radius 2 is 1.85 bits per heavy atom. The Kier molecular flexibility index (Phi) is 8.55. The minimum absolute atomic E-state index is 0.0237. The predicted octanol–water partition coefficient (Wildman–Crippen LogP) is 2.97. The van der Waals surface area contributed by atoms with Gasteiger partial charge in [-0.3, -0.25) is 24.2 Å². The number of nitrogens with zero attached hydrogens (tertiary/aromatic N) is 2. The molecule has 0 aliphatic carbocycles. The van der Waals surface area contributed by atoms with Gasteiger partial charge in [-0.25, -0.2) is 0 Å². The van der Waals surface area contributed by atoms with E-state index in [4.69, 9.17) is 0 Å². The fraction of sp³-hybridized carbons (Fsp3) is 0.393. The fourth-order valence-electron chi connectivity index (χ4n) is 4.95. The summed E-state index contributed by atoms with van der Waals surface area (Å²) in [7, 11) is 1.44. The summed E-state index contributed by atoms with van der Waals surface area (Å²) in [6.07, 6.45) is -2.20. The molecule has 1 aliphatic heterocycles. The molecule has 0 saturated carbocycles. The molecule has 9 nitrogen and oxygen atoms in total. The number of aromatic amines is 1. The van der Waals surface area contributed by atoms with Crippen LogP contribution in [0.2, 0.25) is 0 Å². The maximum absolute atomic E-state index is 13.0. The van der Waals surface area contributed by atoms with Crippen LogP contribution in [0.25, 0.3) is 10.9 Å². The van der Waals surface area contributed by atoms with Crippen LogP contribution in [0.5, 0.6) is 0 Å². The normalized spacial score (nSPS) is 15.1. The van der Waals surface area contributed by atoms with Crippen LogP contribution in [-0.4, -0.2) is 58.8 Å². The molecular weight excluding hydrogens is 527 g/mol. The van der Waals surface area contributed by atoms with Gasteiger partial charge in [-0.05, 0) is 67.5 Å². The first-order chi connectivity index (χ1) is 18.9. The number of carbonyl (C=O) groups excluding carboxylic acids is 3. The summed E-state index contributed by atoms with van der Waals surface area (Å²) in [6, 6.07) is 7.89. The lowest BCUT2D eigenvalue weighted by atomic mass is 9.89. The van der Waals surface area contributed by atoms with Crippen LogP contribution < -0.4 is 16.2 Å². The van der Waals surface area contributed by atoms with Gasteiger partial charge in [0.25, 0.3) is 5.91 Å². The number of aryl methyl sites for hydroxylation is 1. The van der Waals surface area contributed by atoms with Gasteiger partial charge < -0.3 is 20.5 Å². The average Bonchev–Trinajstić information content (AvgIpc) is 2.92. The van der Waals surface area contributed by atoms with Crippen molar-refractivity contribution in [1.29, 1.82) is 0 Å². The molecule has 1 aliphatic rings. The standard InChI is InChI=1S/C28H30F3N5O4/c1-16-11-24(37)34-21-5-3-18(12-20(16)21)14-25(38)36-9-7-17(8-10-36)13-23(26(39)32-2)35-27(40)22-6-4-19(15-33-22)28(29,30)31/h3-6,11-12,15,17,23H,7-10,13-14H2,1-2H3,(H,32,39)(H,34,37)(H,35,40)/t23-/m1/s1. The van der Waals surface area contributed by atoms with Crippen molar-refractivity contribution in [3.8, 4) is 0 Å². The number of fused-ring (bicyclic) bond motifs is 1. The van der Waals surface area contributed by atoms with E-state index in [1.54, 1.807) is 11.0 Å². The van der Waals surface area contributed by atoms with Gasteiger partial charge in [0.05, 0.1) is 12.0 Å². The fourth-order valence-corrected chi connectivity index (χ4v) is 4.95. The zero-order valence-electron chi connectivity index (χ0n) is 22.1. The second-order valence-electron chi connectivity index (χ2n) is 10.0. The van der Waals surface area contributed by atoms with E-state index < -0.39 is 29.6 Å². The number of halogens is 3. The Morgan fingerprint density at radius 1 is 1.12 bits per heavy atom. The number of alkyl halides is 3. The van der Waals surface area contributed by atoms with Gasteiger partial charge in [-0.2, -0.15) is 13.2 Å². The summed E-state index contributed by atoms with van der Waals surface area (Å²) < 4.78 is 38.4. The number of likely N-dealkylation sites (tertiary alicyclic amines) is 1. The van der Waals surface area contributed by atoms with Gasteiger partial charge in [0.15, 0.2) is 0 Å². The molecule has 0 radical (unpaired) electrons. The van der Waals surface area contributed by atoms with Gasteiger partial charge in [-0.15, -0.1) is 0 Å². The van der Waals surface area contributed by atoms with E-state index in [1.165, 1.54) is 13.1 Å². The third kappa shape index (κ3) is 6.85. The van der Waals surface area contributed by atoms with Gasteiger partial charge in [-0.1, -0.05) is 6.07 Å². The van der Waals surface area contributed by atoms with Crippen molar-refractivity contribution in [1.82, 2.24) is 25.5 Å². The zero-order chi connectivity index (χ0) is 29.0. The largest absolute Gasteiger partial charge is 0.417 e. The first-order valence-corrected chi connectivity index (χ1v) is 12.9.